The molecule has 1 heterocycles. The minimum absolute atomic E-state index is 0.0427. The highest BCUT2D eigenvalue weighted by molar-refractivity contribution is 5.99. The van der Waals surface area contributed by atoms with Crippen molar-refractivity contribution in [2.24, 2.45) is 10.9 Å². The molecule has 2 N–H and O–H groups in total. The Morgan fingerprint density at radius 3 is 2.38 bits per heavy atom. The molecule has 0 fully saturated rings. The molecule has 24 heavy (non-hydrogen) atoms. The molecule has 0 saturated heterocycles. The van der Waals surface area contributed by atoms with Gasteiger partial charge in [0.15, 0.2) is 5.84 Å². The maximum absolute atomic E-state index is 12.4. The Labute approximate surface area is 139 Å². The molecule has 5 nitrogen and oxygen atoms in total. The minimum Gasteiger partial charge on any atom is -0.379 e. The molecule has 0 aliphatic heterocycles. The van der Waals surface area contributed by atoms with E-state index in [-0.39, 0.29) is 5.84 Å². The van der Waals surface area contributed by atoms with E-state index in [0.717, 1.165) is 11.1 Å². The SMILES string of the molecule is N/C(=N/OC(=O)c1ccccc1-c1ccccc1)c1ccccn1. The summed E-state index contributed by atoms with van der Waals surface area (Å²) in [4.78, 5) is 21.4. The third-order valence-corrected chi connectivity index (χ3v) is 3.39. The van der Waals surface area contributed by atoms with Crippen LogP contribution in [-0.4, -0.2) is 16.8 Å². The lowest BCUT2D eigenvalue weighted by atomic mass is 10.00. The van der Waals surface area contributed by atoms with E-state index in [4.69, 9.17) is 10.6 Å². The van der Waals surface area contributed by atoms with Crippen LogP contribution in [0.3, 0.4) is 0 Å². The second kappa shape index (κ2) is 7.19. The summed E-state index contributed by atoms with van der Waals surface area (Å²) >= 11 is 0. The third-order valence-electron chi connectivity index (χ3n) is 3.39. The first-order chi connectivity index (χ1) is 11.8. The average molecular weight is 317 g/mol. The molecule has 3 rings (SSSR count). The van der Waals surface area contributed by atoms with Gasteiger partial charge in [0.05, 0.1) is 5.56 Å². The number of carbonyl (C=O) groups excluding carboxylic acids is 1. The van der Waals surface area contributed by atoms with Gasteiger partial charge in [-0.05, 0) is 29.3 Å². The standard InChI is InChI=1S/C19H15N3O2/c20-18(17-12-6-7-13-21-17)22-24-19(23)16-11-5-4-10-15(16)14-8-2-1-3-9-14/h1-13H,(H2,20,22). The zero-order valence-electron chi connectivity index (χ0n) is 12.8. The van der Waals surface area contributed by atoms with Crippen molar-refractivity contribution in [1.82, 2.24) is 4.98 Å². The van der Waals surface area contributed by atoms with Crippen LogP contribution in [0.15, 0.2) is 84.1 Å². The number of amidine groups is 1. The first-order valence-electron chi connectivity index (χ1n) is 7.36. The quantitative estimate of drug-likeness (QED) is 0.347. The van der Waals surface area contributed by atoms with Crippen molar-refractivity contribution < 1.29 is 9.63 Å². The number of hydrogen-bond acceptors (Lipinski definition) is 4. The number of hydrogen-bond donors (Lipinski definition) is 1. The number of oxime groups is 1. The summed E-state index contributed by atoms with van der Waals surface area (Å²) in [5.41, 5.74) is 8.34. The van der Waals surface area contributed by atoms with E-state index in [0.29, 0.717) is 11.3 Å². The molecule has 0 saturated carbocycles. The normalized spacial score (nSPS) is 11.1. The zero-order valence-corrected chi connectivity index (χ0v) is 12.8. The lowest BCUT2D eigenvalue weighted by Crippen LogP contribution is -2.16. The van der Waals surface area contributed by atoms with E-state index in [1.54, 1.807) is 36.5 Å². The monoisotopic (exact) mass is 317 g/mol. The summed E-state index contributed by atoms with van der Waals surface area (Å²) in [6, 6.07) is 22.0. The van der Waals surface area contributed by atoms with E-state index in [1.165, 1.54) is 0 Å². The van der Waals surface area contributed by atoms with E-state index in [2.05, 4.69) is 10.1 Å². The summed E-state index contributed by atoms with van der Waals surface area (Å²) in [6.45, 7) is 0. The second-order valence-corrected chi connectivity index (χ2v) is 4.98. The largest absolute Gasteiger partial charge is 0.379 e. The molecule has 118 valence electrons. The lowest BCUT2D eigenvalue weighted by molar-refractivity contribution is 0.0517. The fourth-order valence-electron chi connectivity index (χ4n) is 2.23. The molecule has 2 aromatic carbocycles. The molecule has 0 aliphatic rings. The Hall–Kier alpha value is -3.47. The van der Waals surface area contributed by atoms with Crippen molar-refractivity contribution in [1.29, 1.82) is 0 Å². The number of nitrogens with two attached hydrogens (primary N) is 1. The first-order valence-corrected chi connectivity index (χ1v) is 7.36. The van der Waals surface area contributed by atoms with Crippen LogP contribution < -0.4 is 5.73 Å². The van der Waals surface area contributed by atoms with Gasteiger partial charge in [0.2, 0.25) is 0 Å². The highest BCUT2D eigenvalue weighted by Crippen LogP contribution is 2.24. The van der Waals surface area contributed by atoms with Gasteiger partial charge in [-0.25, -0.2) is 4.79 Å². The van der Waals surface area contributed by atoms with Crippen molar-refractivity contribution in [2.75, 3.05) is 0 Å². The van der Waals surface area contributed by atoms with Crippen LogP contribution in [0, 0.1) is 0 Å². The lowest BCUT2D eigenvalue weighted by Gasteiger charge is -2.07. The molecule has 0 aliphatic carbocycles. The first kappa shape index (κ1) is 15.4. The predicted molar refractivity (Wildman–Crippen MR) is 92.3 cm³/mol. The fourth-order valence-corrected chi connectivity index (χ4v) is 2.23. The van der Waals surface area contributed by atoms with E-state index < -0.39 is 5.97 Å². The molecule has 1 aromatic heterocycles. The van der Waals surface area contributed by atoms with E-state index >= 15 is 0 Å². The molecule has 5 heteroatoms. The Balaban J connectivity index is 1.84. The van der Waals surface area contributed by atoms with Crippen LogP contribution >= 0.6 is 0 Å². The minimum atomic E-state index is -0.576. The number of rotatable bonds is 4. The molecule has 0 atom stereocenters. The summed E-state index contributed by atoms with van der Waals surface area (Å²) in [6.07, 6.45) is 1.59. The molecular formula is C19H15N3O2. The van der Waals surface area contributed by atoms with Crippen molar-refractivity contribution in [3.8, 4) is 11.1 Å². The maximum atomic E-state index is 12.4. The van der Waals surface area contributed by atoms with Crippen LogP contribution in [0.2, 0.25) is 0 Å². The van der Waals surface area contributed by atoms with Crippen molar-refractivity contribution in [3.05, 3.63) is 90.3 Å². The van der Waals surface area contributed by atoms with Gasteiger partial charge in [-0.3, -0.25) is 4.98 Å². The van der Waals surface area contributed by atoms with Crippen LogP contribution in [0.4, 0.5) is 0 Å². The molecule has 3 aromatic rings. The zero-order chi connectivity index (χ0) is 16.8. The molecular weight excluding hydrogens is 302 g/mol. The van der Waals surface area contributed by atoms with Gasteiger partial charge < -0.3 is 10.6 Å². The average Bonchev–Trinajstić information content (AvgIpc) is 2.67. The molecule has 0 amide bonds. The van der Waals surface area contributed by atoms with Crippen molar-refractivity contribution in [3.63, 3.8) is 0 Å². The molecule has 0 radical (unpaired) electrons. The van der Waals surface area contributed by atoms with Crippen LogP contribution in [0.1, 0.15) is 16.1 Å². The maximum Gasteiger partial charge on any atom is 0.366 e. The number of benzene rings is 2. The van der Waals surface area contributed by atoms with Gasteiger partial charge in [-0.1, -0.05) is 59.8 Å². The van der Waals surface area contributed by atoms with Crippen LogP contribution in [0.25, 0.3) is 11.1 Å². The summed E-state index contributed by atoms with van der Waals surface area (Å²) < 4.78 is 0. The third kappa shape index (κ3) is 3.47. The van der Waals surface area contributed by atoms with Gasteiger partial charge in [0, 0.05) is 6.20 Å². The Bertz CT molecular complexity index is 862. The smallest absolute Gasteiger partial charge is 0.366 e. The fraction of sp³-hybridized carbons (Fsp3) is 0. The van der Waals surface area contributed by atoms with Crippen LogP contribution in [-0.2, 0) is 4.84 Å². The highest BCUT2D eigenvalue weighted by Gasteiger charge is 2.14. The number of nitrogens with zero attached hydrogens (tertiary/aromatic N) is 2. The Morgan fingerprint density at radius 1 is 0.917 bits per heavy atom. The number of pyridine rings is 1. The molecule has 0 unspecified atom stereocenters. The number of carbonyl (C=O) groups is 1. The van der Waals surface area contributed by atoms with Gasteiger partial charge >= 0.3 is 5.97 Å². The molecule has 0 spiro atoms. The predicted octanol–water partition coefficient (Wildman–Crippen LogP) is 3.23. The van der Waals surface area contributed by atoms with Crippen molar-refractivity contribution >= 4 is 11.8 Å². The highest BCUT2D eigenvalue weighted by atomic mass is 16.7. The van der Waals surface area contributed by atoms with Gasteiger partial charge in [-0.2, -0.15) is 0 Å². The van der Waals surface area contributed by atoms with Crippen molar-refractivity contribution in [2.45, 2.75) is 0 Å². The number of aromatic nitrogens is 1. The molecule has 0 bridgehead atoms. The topological polar surface area (TPSA) is 77.6 Å². The van der Waals surface area contributed by atoms with E-state index in [1.807, 2.05) is 42.5 Å². The summed E-state index contributed by atoms with van der Waals surface area (Å²) in [5, 5.41) is 3.69. The van der Waals surface area contributed by atoms with Gasteiger partial charge in [0.1, 0.15) is 5.69 Å². The van der Waals surface area contributed by atoms with E-state index in [9.17, 15) is 4.79 Å². The van der Waals surface area contributed by atoms with Gasteiger partial charge in [-0.15, -0.1) is 0 Å². The van der Waals surface area contributed by atoms with Gasteiger partial charge in [0.25, 0.3) is 0 Å². The van der Waals surface area contributed by atoms with Crippen LogP contribution in [0.5, 0.6) is 0 Å². The summed E-state index contributed by atoms with van der Waals surface area (Å²) in [5.74, 6) is -0.533. The Kier molecular flexibility index (Phi) is 4.62. The second-order valence-electron chi connectivity index (χ2n) is 4.98. The summed E-state index contributed by atoms with van der Waals surface area (Å²) in [7, 11) is 0. The Morgan fingerprint density at radius 2 is 1.62 bits per heavy atom.